The van der Waals surface area contributed by atoms with Crippen molar-refractivity contribution in [1.82, 2.24) is 24.6 Å². The van der Waals surface area contributed by atoms with Crippen LogP contribution in [-0.4, -0.2) is 56.0 Å². The molecule has 154 valence electrons. The van der Waals surface area contributed by atoms with Crippen LogP contribution in [0.15, 0.2) is 30.7 Å². The van der Waals surface area contributed by atoms with Crippen LogP contribution < -0.4 is 0 Å². The van der Waals surface area contributed by atoms with Crippen molar-refractivity contribution in [1.29, 1.82) is 0 Å². The topological polar surface area (TPSA) is 71.3 Å². The van der Waals surface area contributed by atoms with E-state index < -0.39 is 0 Å². The molecule has 0 bridgehead atoms. The minimum atomic E-state index is 0.0811. The van der Waals surface area contributed by atoms with Crippen molar-refractivity contribution in [3.63, 3.8) is 0 Å². The Balaban J connectivity index is 1.40. The van der Waals surface area contributed by atoms with Gasteiger partial charge in [0.15, 0.2) is 0 Å². The number of rotatable bonds is 4. The number of likely N-dealkylation sites (tertiary alicyclic amines) is 2. The van der Waals surface area contributed by atoms with Gasteiger partial charge in [-0.2, -0.15) is 5.10 Å². The van der Waals surface area contributed by atoms with Crippen molar-refractivity contribution in [3.05, 3.63) is 47.5 Å². The Kier molecular flexibility index (Phi) is 5.39. The van der Waals surface area contributed by atoms with Gasteiger partial charge in [-0.25, -0.2) is 0 Å². The van der Waals surface area contributed by atoms with Crippen molar-refractivity contribution < 1.29 is 9.59 Å². The number of aryl methyl sites for hydroxylation is 1. The Morgan fingerprint density at radius 3 is 2.55 bits per heavy atom. The maximum Gasteiger partial charge on any atom is 0.257 e. The molecular formula is C22H29N5O2. The molecule has 0 unspecified atom stereocenters. The number of amides is 2. The molecule has 0 aromatic carbocycles. The molecule has 4 heterocycles. The van der Waals surface area contributed by atoms with Crippen molar-refractivity contribution in [3.8, 4) is 0 Å². The number of carbonyl (C=O) groups is 2. The van der Waals surface area contributed by atoms with Gasteiger partial charge in [0, 0.05) is 57.2 Å². The van der Waals surface area contributed by atoms with Gasteiger partial charge in [-0.3, -0.25) is 19.3 Å². The molecule has 2 fully saturated rings. The fourth-order valence-electron chi connectivity index (χ4n) is 4.69. The quantitative estimate of drug-likeness (QED) is 0.798. The highest BCUT2D eigenvalue weighted by atomic mass is 16.2. The smallest absolute Gasteiger partial charge is 0.257 e. The summed E-state index contributed by atoms with van der Waals surface area (Å²) >= 11 is 0. The monoisotopic (exact) mass is 395 g/mol. The second-order valence-corrected chi connectivity index (χ2v) is 8.36. The summed E-state index contributed by atoms with van der Waals surface area (Å²) in [7, 11) is 0. The van der Waals surface area contributed by atoms with Gasteiger partial charge in [-0.05, 0) is 56.2 Å². The maximum atomic E-state index is 13.0. The Bertz CT molecular complexity index is 884. The summed E-state index contributed by atoms with van der Waals surface area (Å²) in [6, 6.07) is 3.93. The third kappa shape index (κ3) is 3.91. The van der Waals surface area contributed by atoms with E-state index in [2.05, 4.69) is 10.1 Å². The molecule has 0 aliphatic carbocycles. The second-order valence-electron chi connectivity index (χ2n) is 8.36. The average Bonchev–Trinajstić information content (AvgIpc) is 3.12. The summed E-state index contributed by atoms with van der Waals surface area (Å²) in [5.74, 6) is 0.311. The first-order valence-electron chi connectivity index (χ1n) is 10.5. The van der Waals surface area contributed by atoms with Gasteiger partial charge in [0.1, 0.15) is 0 Å². The minimum Gasteiger partial charge on any atom is -0.338 e. The summed E-state index contributed by atoms with van der Waals surface area (Å²) in [5.41, 5.74) is 2.88. The van der Waals surface area contributed by atoms with Crippen LogP contribution in [0.25, 0.3) is 0 Å². The first kappa shape index (κ1) is 19.6. The molecule has 0 atom stereocenters. The highest BCUT2D eigenvalue weighted by Gasteiger charge is 2.42. The van der Waals surface area contributed by atoms with Gasteiger partial charge >= 0.3 is 0 Å². The summed E-state index contributed by atoms with van der Waals surface area (Å²) in [6.07, 6.45) is 8.65. The Labute approximate surface area is 171 Å². The fraction of sp³-hybridized carbons (Fsp3) is 0.545. The average molecular weight is 396 g/mol. The lowest BCUT2D eigenvalue weighted by Crippen LogP contribution is -2.52. The standard InChI is InChI=1S/C22H29N5O2/c1-3-27-17(2)19(14-24-27)21(29)25-12-8-22(9-13-25)7-4-20(28)26(16-22)15-18-5-10-23-11-6-18/h5-6,10-11,14H,3-4,7-9,12-13,15-16H2,1-2H3. The van der Waals surface area contributed by atoms with Gasteiger partial charge in [0.2, 0.25) is 5.91 Å². The van der Waals surface area contributed by atoms with Gasteiger partial charge in [-0.15, -0.1) is 0 Å². The summed E-state index contributed by atoms with van der Waals surface area (Å²) in [6.45, 7) is 7.66. The number of aromatic nitrogens is 3. The summed E-state index contributed by atoms with van der Waals surface area (Å²) in [5, 5.41) is 4.31. The lowest BCUT2D eigenvalue weighted by atomic mass is 9.72. The maximum absolute atomic E-state index is 13.0. The van der Waals surface area contributed by atoms with Gasteiger partial charge in [0.05, 0.1) is 11.8 Å². The number of hydrogen-bond donors (Lipinski definition) is 0. The second kappa shape index (κ2) is 7.97. The van der Waals surface area contributed by atoms with Crippen molar-refractivity contribution in [2.45, 2.75) is 52.6 Å². The van der Waals surface area contributed by atoms with Crippen LogP contribution in [0, 0.1) is 12.3 Å². The molecule has 29 heavy (non-hydrogen) atoms. The molecule has 2 amide bonds. The third-order valence-corrected chi connectivity index (χ3v) is 6.62. The molecule has 0 radical (unpaired) electrons. The molecule has 2 aromatic rings. The molecule has 2 aromatic heterocycles. The minimum absolute atomic E-state index is 0.0811. The number of carbonyl (C=O) groups excluding carboxylic acids is 2. The molecule has 1 spiro atoms. The first-order chi connectivity index (χ1) is 14.0. The lowest BCUT2D eigenvalue weighted by Gasteiger charge is -2.47. The highest BCUT2D eigenvalue weighted by Crippen LogP contribution is 2.41. The van der Waals surface area contributed by atoms with Crippen LogP contribution in [0.4, 0.5) is 0 Å². The van der Waals surface area contributed by atoms with Crippen molar-refractivity contribution in [2.75, 3.05) is 19.6 Å². The highest BCUT2D eigenvalue weighted by molar-refractivity contribution is 5.95. The number of pyridine rings is 1. The van der Waals surface area contributed by atoms with Crippen LogP contribution in [0.5, 0.6) is 0 Å². The number of nitrogens with zero attached hydrogens (tertiary/aromatic N) is 5. The molecule has 4 rings (SSSR count). The first-order valence-corrected chi connectivity index (χ1v) is 10.5. The molecule has 0 N–H and O–H groups in total. The fourth-order valence-corrected chi connectivity index (χ4v) is 4.69. The summed E-state index contributed by atoms with van der Waals surface area (Å²) in [4.78, 5) is 33.5. The lowest BCUT2D eigenvalue weighted by molar-refractivity contribution is -0.139. The van der Waals surface area contributed by atoms with Gasteiger partial charge < -0.3 is 9.80 Å². The zero-order valence-electron chi connectivity index (χ0n) is 17.3. The van der Waals surface area contributed by atoms with E-state index in [-0.39, 0.29) is 17.2 Å². The zero-order chi connectivity index (χ0) is 20.4. The van der Waals surface area contributed by atoms with E-state index in [1.54, 1.807) is 18.6 Å². The molecule has 7 nitrogen and oxygen atoms in total. The molecular weight excluding hydrogens is 366 g/mol. The van der Waals surface area contributed by atoms with Crippen LogP contribution in [0.2, 0.25) is 0 Å². The van der Waals surface area contributed by atoms with Crippen LogP contribution >= 0.6 is 0 Å². The van der Waals surface area contributed by atoms with E-state index in [0.717, 1.165) is 56.7 Å². The Morgan fingerprint density at radius 2 is 1.90 bits per heavy atom. The van der Waals surface area contributed by atoms with Crippen LogP contribution in [0.1, 0.15) is 54.2 Å². The van der Waals surface area contributed by atoms with Gasteiger partial charge in [0.25, 0.3) is 5.91 Å². The third-order valence-electron chi connectivity index (χ3n) is 6.62. The molecule has 0 saturated carbocycles. The van der Waals surface area contributed by atoms with E-state index in [1.807, 2.05) is 40.5 Å². The SMILES string of the molecule is CCn1ncc(C(=O)N2CCC3(CCC(=O)N(Cc4ccncc4)C3)CC2)c1C. The van der Waals surface area contributed by atoms with E-state index >= 15 is 0 Å². The van der Waals surface area contributed by atoms with E-state index in [9.17, 15) is 9.59 Å². The van der Waals surface area contributed by atoms with Crippen LogP contribution in [0.3, 0.4) is 0 Å². The molecule has 2 aliphatic rings. The Hall–Kier alpha value is -2.70. The van der Waals surface area contributed by atoms with Crippen molar-refractivity contribution >= 4 is 11.8 Å². The zero-order valence-corrected chi connectivity index (χ0v) is 17.3. The predicted octanol–water partition coefficient (Wildman–Crippen LogP) is 2.65. The normalized spacial score (nSPS) is 19.0. The molecule has 2 saturated heterocycles. The predicted molar refractivity (Wildman–Crippen MR) is 109 cm³/mol. The summed E-state index contributed by atoms with van der Waals surface area (Å²) < 4.78 is 1.86. The van der Waals surface area contributed by atoms with E-state index in [4.69, 9.17) is 0 Å². The van der Waals surface area contributed by atoms with Crippen LogP contribution in [-0.2, 0) is 17.9 Å². The van der Waals surface area contributed by atoms with E-state index in [1.165, 1.54) is 0 Å². The van der Waals surface area contributed by atoms with Crippen molar-refractivity contribution in [2.24, 2.45) is 5.41 Å². The largest absolute Gasteiger partial charge is 0.338 e. The number of hydrogen-bond acceptors (Lipinski definition) is 4. The van der Waals surface area contributed by atoms with E-state index in [0.29, 0.717) is 18.5 Å². The Morgan fingerprint density at radius 1 is 1.17 bits per heavy atom. The van der Waals surface area contributed by atoms with Gasteiger partial charge in [-0.1, -0.05) is 0 Å². The molecule has 7 heteroatoms. The number of piperidine rings is 2. The molecule has 2 aliphatic heterocycles.